The second kappa shape index (κ2) is 15.1. The molecule has 4 unspecified atom stereocenters. The van der Waals surface area contributed by atoms with Crippen molar-refractivity contribution in [3.8, 4) is 0 Å². The summed E-state index contributed by atoms with van der Waals surface area (Å²) in [5.41, 5.74) is 12.8. The third-order valence-corrected chi connectivity index (χ3v) is 6.17. The van der Waals surface area contributed by atoms with Gasteiger partial charge in [0.2, 0.25) is 17.7 Å². The van der Waals surface area contributed by atoms with Crippen LogP contribution in [-0.2, 0) is 25.6 Å². The maximum Gasteiger partial charge on any atom is 0.326 e. The first-order valence-corrected chi connectivity index (χ1v) is 12.8. The van der Waals surface area contributed by atoms with Gasteiger partial charge in [0.15, 0.2) is 0 Å². The van der Waals surface area contributed by atoms with E-state index in [1.165, 1.54) is 0 Å². The number of aliphatic hydroxyl groups is 1. The molecule has 10 N–H and O–H groups in total. The number of hydrogen-bond acceptors (Lipinski definition) is 7. The summed E-state index contributed by atoms with van der Waals surface area (Å²) in [5.74, 6) is -3.14. The monoisotopic (exact) mass is 532 g/mol. The van der Waals surface area contributed by atoms with Gasteiger partial charge in [0.05, 0.1) is 6.61 Å². The SMILES string of the molecule is CC(C)CC(NC(=O)C(CCCCN)NC(=O)C(Cc1c[nH]c2ccccc12)NC(=O)C(N)CO)C(=O)O. The smallest absolute Gasteiger partial charge is 0.326 e. The molecule has 0 aliphatic rings. The molecule has 38 heavy (non-hydrogen) atoms. The van der Waals surface area contributed by atoms with E-state index in [0.29, 0.717) is 19.4 Å². The number of amides is 3. The van der Waals surface area contributed by atoms with Gasteiger partial charge >= 0.3 is 5.97 Å². The minimum Gasteiger partial charge on any atom is -0.480 e. The van der Waals surface area contributed by atoms with Crippen molar-refractivity contribution in [3.05, 3.63) is 36.0 Å². The Morgan fingerprint density at radius 2 is 1.58 bits per heavy atom. The van der Waals surface area contributed by atoms with Gasteiger partial charge in [-0.2, -0.15) is 0 Å². The van der Waals surface area contributed by atoms with Crippen molar-refractivity contribution >= 4 is 34.6 Å². The highest BCUT2D eigenvalue weighted by atomic mass is 16.4. The Morgan fingerprint density at radius 3 is 2.21 bits per heavy atom. The Bertz CT molecular complexity index is 1090. The van der Waals surface area contributed by atoms with Gasteiger partial charge in [0.25, 0.3) is 0 Å². The third kappa shape index (κ3) is 9.12. The Hall–Kier alpha value is -3.48. The van der Waals surface area contributed by atoms with Gasteiger partial charge in [0, 0.05) is 23.5 Å². The number of aliphatic carboxylic acids is 1. The minimum atomic E-state index is -1.23. The van der Waals surface area contributed by atoms with Crippen LogP contribution < -0.4 is 27.4 Å². The van der Waals surface area contributed by atoms with Crippen molar-refractivity contribution in [2.45, 2.75) is 70.1 Å². The van der Waals surface area contributed by atoms with E-state index in [-0.39, 0.29) is 25.2 Å². The number of aliphatic hydroxyl groups excluding tert-OH is 1. The molecule has 2 aromatic rings. The first kappa shape index (κ1) is 30.7. The van der Waals surface area contributed by atoms with E-state index >= 15 is 0 Å². The van der Waals surface area contributed by atoms with Crippen LogP contribution in [0.3, 0.4) is 0 Å². The van der Waals surface area contributed by atoms with E-state index in [4.69, 9.17) is 11.5 Å². The number of carbonyl (C=O) groups excluding carboxylic acids is 3. The van der Waals surface area contributed by atoms with Gasteiger partial charge < -0.3 is 42.6 Å². The van der Waals surface area contributed by atoms with E-state index in [1.807, 2.05) is 38.1 Å². The molecular weight excluding hydrogens is 492 g/mol. The molecule has 12 nitrogen and oxygen atoms in total. The number of H-pyrrole nitrogens is 1. The van der Waals surface area contributed by atoms with Gasteiger partial charge in [-0.3, -0.25) is 14.4 Å². The normalized spacial score (nSPS) is 14.5. The number of rotatable bonds is 16. The van der Waals surface area contributed by atoms with Crippen LogP contribution >= 0.6 is 0 Å². The second-order valence-electron chi connectivity index (χ2n) is 9.79. The van der Waals surface area contributed by atoms with Crippen molar-refractivity contribution in [1.29, 1.82) is 0 Å². The summed E-state index contributed by atoms with van der Waals surface area (Å²) < 4.78 is 0. The van der Waals surface area contributed by atoms with Gasteiger partial charge in [-0.05, 0) is 49.8 Å². The number of carbonyl (C=O) groups is 4. The molecule has 0 radical (unpaired) electrons. The van der Waals surface area contributed by atoms with Gasteiger partial charge in [-0.25, -0.2) is 4.79 Å². The third-order valence-electron chi connectivity index (χ3n) is 6.17. The Morgan fingerprint density at radius 1 is 0.947 bits per heavy atom. The van der Waals surface area contributed by atoms with Gasteiger partial charge in [0.1, 0.15) is 24.2 Å². The lowest BCUT2D eigenvalue weighted by atomic mass is 10.0. The van der Waals surface area contributed by atoms with Crippen LogP contribution in [0.5, 0.6) is 0 Å². The van der Waals surface area contributed by atoms with E-state index in [2.05, 4.69) is 20.9 Å². The zero-order chi connectivity index (χ0) is 28.2. The maximum absolute atomic E-state index is 13.4. The zero-order valence-corrected chi connectivity index (χ0v) is 21.9. The molecule has 3 amide bonds. The van der Waals surface area contributed by atoms with Crippen molar-refractivity contribution < 1.29 is 29.4 Å². The Balaban J connectivity index is 2.27. The van der Waals surface area contributed by atoms with E-state index < -0.39 is 54.5 Å². The molecule has 0 aliphatic carbocycles. The predicted molar refractivity (Wildman–Crippen MR) is 143 cm³/mol. The molecule has 0 saturated heterocycles. The number of nitrogens with one attached hydrogen (secondary N) is 4. The highest BCUT2D eigenvalue weighted by molar-refractivity contribution is 5.94. The average Bonchev–Trinajstić information content (AvgIpc) is 3.29. The molecule has 4 atom stereocenters. The fourth-order valence-corrected chi connectivity index (χ4v) is 4.09. The molecule has 12 heteroatoms. The fraction of sp³-hybridized carbons (Fsp3) is 0.538. The van der Waals surface area contributed by atoms with Crippen molar-refractivity contribution in [3.63, 3.8) is 0 Å². The summed E-state index contributed by atoms with van der Waals surface area (Å²) in [5, 5.41) is 27.5. The van der Waals surface area contributed by atoms with Crippen LogP contribution in [0.1, 0.15) is 45.1 Å². The fourth-order valence-electron chi connectivity index (χ4n) is 4.09. The number of fused-ring (bicyclic) bond motifs is 1. The molecule has 0 fully saturated rings. The minimum absolute atomic E-state index is 0.0215. The summed E-state index contributed by atoms with van der Waals surface area (Å²) in [6.45, 7) is 3.48. The number of unbranched alkanes of at least 4 members (excludes halogenated alkanes) is 1. The Labute approximate surface area is 221 Å². The Kier molecular flexibility index (Phi) is 12.2. The van der Waals surface area contributed by atoms with Crippen molar-refractivity contribution in [2.24, 2.45) is 17.4 Å². The summed E-state index contributed by atoms with van der Waals surface area (Å²) in [6, 6.07) is 2.96. The number of aromatic amines is 1. The van der Waals surface area contributed by atoms with E-state index in [9.17, 15) is 29.4 Å². The highest BCUT2D eigenvalue weighted by Gasteiger charge is 2.31. The second-order valence-corrected chi connectivity index (χ2v) is 9.79. The molecule has 1 heterocycles. The summed E-state index contributed by atoms with van der Waals surface area (Å²) in [6.07, 6.45) is 3.40. The van der Waals surface area contributed by atoms with Gasteiger partial charge in [-0.1, -0.05) is 32.0 Å². The molecular formula is C26H40N6O6. The number of benzene rings is 1. The van der Waals surface area contributed by atoms with Crippen LogP contribution in [-0.4, -0.2) is 76.2 Å². The number of carboxylic acid groups (broad SMARTS) is 1. The number of nitrogens with two attached hydrogens (primary N) is 2. The number of carboxylic acids is 1. The average molecular weight is 533 g/mol. The predicted octanol–water partition coefficient (Wildman–Crippen LogP) is -0.256. The molecule has 1 aromatic carbocycles. The summed E-state index contributed by atoms with van der Waals surface area (Å²) in [7, 11) is 0. The number of aromatic nitrogens is 1. The number of para-hydroxylation sites is 1. The molecule has 0 saturated carbocycles. The lowest BCUT2D eigenvalue weighted by Gasteiger charge is -2.25. The molecule has 210 valence electrons. The summed E-state index contributed by atoms with van der Waals surface area (Å²) >= 11 is 0. The van der Waals surface area contributed by atoms with Crippen LogP contribution in [0.25, 0.3) is 10.9 Å². The van der Waals surface area contributed by atoms with Crippen LogP contribution in [0, 0.1) is 5.92 Å². The van der Waals surface area contributed by atoms with Crippen molar-refractivity contribution in [1.82, 2.24) is 20.9 Å². The van der Waals surface area contributed by atoms with Crippen LogP contribution in [0.15, 0.2) is 30.5 Å². The van der Waals surface area contributed by atoms with E-state index in [1.54, 1.807) is 6.20 Å². The lowest BCUT2D eigenvalue weighted by molar-refractivity contribution is -0.142. The topological polar surface area (TPSA) is 213 Å². The standard InChI is InChI=1S/C26H40N6O6/c1-15(2)11-22(26(37)38)32-24(35)20(9-5-6-10-27)30-25(36)21(31-23(34)18(28)14-33)12-16-13-29-19-8-4-3-7-17(16)19/h3-4,7-8,13,15,18,20-22,29,33H,5-6,9-12,14,27-28H2,1-2H3,(H,30,36)(H,31,34)(H,32,35)(H,37,38). The van der Waals surface area contributed by atoms with E-state index in [0.717, 1.165) is 16.5 Å². The molecule has 2 rings (SSSR count). The molecule has 0 aliphatic heterocycles. The number of hydrogen-bond donors (Lipinski definition) is 8. The first-order chi connectivity index (χ1) is 18.1. The quantitative estimate of drug-likeness (QED) is 0.135. The first-order valence-electron chi connectivity index (χ1n) is 12.8. The molecule has 0 bridgehead atoms. The van der Waals surface area contributed by atoms with Crippen LogP contribution in [0.4, 0.5) is 0 Å². The highest BCUT2D eigenvalue weighted by Crippen LogP contribution is 2.19. The molecule has 0 spiro atoms. The van der Waals surface area contributed by atoms with Crippen LogP contribution in [0.2, 0.25) is 0 Å². The van der Waals surface area contributed by atoms with Crippen molar-refractivity contribution in [2.75, 3.05) is 13.2 Å². The molecule has 1 aromatic heterocycles. The summed E-state index contributed by atoms with van der Waals surface area (Å²) in [4.78, 5) is 53.8. The maximum atomic E-state index is 13.4. The van der Waals surface area contributed by atoms with Gasteiger partial charge in [-0.15, -0.1) is 0 Å². The lowest BCUT2D eigenvalue weighted by Crippen LogP contribution is -2.58. The largest absolute Gasteiger partial charge is 0.480 e. The zero-order valence-electron chi connectivity index (χ0n) is 21.9.